The van der Waals surface area contributed by atoms with Gasteiger partial charge in [-0.1, -0.05) is 0 Å². The highest BCUT2D eigenvalue weighted by molar-refractivity contribution is 4.88. The van der Waals surface area contributed by atoms with Crippen molar-refractivity contribution >= 4 is 0 Å². The number of nitrogens with two attached hydrogens (primary N) is 1. The summed E-state index contributed by atoms with van der Waals surface area (Å²) < 4.78 is 5.17. The van der Waals surface area contributed by atoms with Gasteiger partial charge in [-0.15, -0.1) is 0 Å². The van der Waals surface area contributed by atoms with Gasteiger partial charge in [0.15, 0.2) is 0 Å². The summed E-state index contributed by atoms with van der Waals surface area (Å²) >= 11 is 0. The molecule has 1 unspecified atom stereocenters. The molecule has 1 heterocycles. The third-order valence-electron chi connectivity index (χ3n) is 3.64. The van der Waals surface area contributed by atoms with Crippen molar-refractivity contribution in [2.75, 3.05) is 33.4 Å². The predicted molar refractivity (Wildman–Crippen MR) is 63.9 cm³/mol. The summed E-state index contributed by atoms with van der Waals surface area (Å²) in [5.74, 6) is 0.792. The molecule has 90 valence electrons. The highest BCUT2D eigenvalue weighted by Crippen LogP contribution is 2.31. The lowest BCUT2D eigenvalue weighted by Gasteiger charge is -2.45. The molecule has 1 atom stereocenters. The van der Waals surface area contributed by atoms with Crippen LogP contribution < -0.4 is 5.73 Å². The minimum Gasteiger partial charge on any atom is -0.383 e. The lowest BCUT2D eigenvalue weighted by atomic mass is 9.83. The molecule has 0 aromatic rings. The molecule has 0 aliphatic carbocycles. The maximum absolute atomic E-state index is 5.63. The van der Waals surface area contributed by atoms with Crippen molar-refractivity contribution in [3.63, 3.8) is 0 Å². The van der Waals surface area contributed by atoms with Gasteiger partial charge in [0.25, 0.3) is 0 Å². The lowest BCUT2D eigenvalue weighted by molar-refractivity contribution is 0.0221. The molecule has 1 aliphatic rings. The molecule has 0 aromatic carbocycles. The maximum atomic E-state index is 5.63. The summed E-state index contributed by atoms with van der Waals surface area (Å²) in [5, 5.41) is 0. The van der Waals surface area contributed by atoms with Crippen LogP contribution in [0.2, 0.25) is 0 Å². The SMILES string of the molecule is COCCN1CC(CCN)CCC1(C)C. The van der Waals surface area contributed by atoms with Crippen LogP contribution in [0, 0.1) is 5.92 Å². The molecule has 1 aliphatic heterocycles. The Labute approximate surface area is 94.0 Å². The van der Waals surface area contributed by atoms with Gasteiger partial charge in [-0.2, -0.15) is 0 Å². The van der Waals surface area contributed by atoms with Crippen LogP contribution >= 0.6 is 0 Å². The van der Waals surface area contributed by atoms with E-state index in [2.05, 4.69) is 18.7 Å². The average Bonchev–Trinajstić information content (AvgIpc) is 2.19. The van der Waals surface area contributed by atoms with Crippen molar-refractivity contribution in [3.05, 3.63) is 0 Å². The van der Waals surface area contributed by atoms with Gasteiger partial charge in [0.2, 0.25) is 0 Å². The molecule has 15 heavy (non-hydrogen) atoms. The van der Waals surface area contributed by atoms with E-state index in [0.29, 0.717) is 5.54 Å². The predicted octanol–water partition coefficient (Wildman–Crippen LogP) is 1.47. The quantitative estimate of drug-likeness (QED) is 0.753. The molecular formula is C12H26N2O. The highest BCUT2D eigenvalue weighted by Gasteiger charge is 2.33. The van der Waals surface area contributed by atoms with E-state index in [4.69, 9.17) is 10.5 Å². The first kappa shape index (κ1) is 12.9. The zero-order valence-corrected chi connectivity index (χ0v) is 10.5. The second kappa shape index (κ2) is 5.83. The Morgan fingerprint density at radius 1 is 1.47 bits per heavy atom. The number of piperidine rings is 1. The number of ether oxygens (including phenoxy) is 1. The molecule has 2 N–H and O–H groups in total. The van der Waals surface area contributed by atoms with E-state index >= 15 is 0 Å². The Bertz CT molecular complexity index is 182. The van der Waals surface area contributed by atoms with Crippen LogP contribution in [0.1, 0.15) is 33.1 Å². The van der Waals surface area contributed by atoms with E-state index in [1.54, 1.807) is 7.11 Å². The van der Waals surface area contributed by atoms with E-state index in [1.165, 1.54) is 25.8 Å². The van der Waals surface area contributed by atoms with Crippen LogP contribution in [0.5, 0.6) is 0 Å². The molecule has 0 spiro atoms. The fourth-order valence-electron chi connectivity index (χ4n) is 2.43. The van der Waals surface area contributed by atoms with Crippen molar-refractivity contribution in [1.82, 2.24) is 4.90 Å². The highest BCUT2D eigenvalue weighted by atomic mass is 16.5. The number of nitrogens with zero attached hydrogens (tertiary/aromatic N) is 1. The zero-order chi connectivity index (χ0) is 11.3. The van der Waals surface area contributed by atoms with E-state index in [9.17, 15) is 0 Å². The number of methoxy groups -OCH3 is 1. The molecule has 0 aromatic heterocycles. The van der Waals surface area contributed by atoms with E-state index in [-0.39, 0.29) is 0 Å². The number of rotatable bonds is 5. The molecule has 3 heteroatoms. The average molecular weight is 214 g/mol. The largest absolute Gasteiger partial charge is 0.383 e. The van der Waals surface area contributed by atoms with E-state index in [1.807, 2.05) is 0 Å². The van der Waals surface area contributed by atoms with Gasteiger partial charge in [0, 0.05) is 25.7 Å². The fourth-order valence-corrected chi connectivity index (χ4v) is 2.43. The molecule has 3 nitrogen and oxygen atoms in total. The Hall–Kier alpha value is -0.120. The molecule has 1 saturated heterocycles. The van der Waals surface area contributed by atoms with Gasteiger partial charge >= 0.3 is 0 Å². The van der Waals surface area contributed by atoms with Gasteiger partial charge in [-0.3, -0.25) is 4.90 Å². The van der Waals surface area contributed by atoms with E-state index in [0.717, 1.165) is 25.6 Å². The first-order chi connectivity index (χ1) is 7.10. The second-order valence-electron chi connectivity index (χ2n) is 5.23. The van der Waals surface area contributed by atoms with Gasteiger partial charge in [-0.05, 0) is 45.6 Å². The van der Waals surface area contributed by atoms with Gasteiger partial charge in [0.05, 0.1) is 6.61 Å². The number of hydrogen-bond acceptors (Lipinski definition) is 3. The molecule has 0 saturated carbocycles. The number of likely N-dealkylation sites (tertiary alicyclic amines) is 1. The summed E-state index contributed by atoms with van der Waals surface area (Å²) in [6, 6.07) is 0. The Morgan fingerprint density at radius 3 is 2.80 bits per heavy atom. The topological polar surface area (TPSA) is 38.5 Å². The molecule has 0 amide bonds. The van der Waals surface area contributed by atoms with Gasteiger partial charge < -0.3 is 10.5 Å². The molecule has 0 radical (unpaired) electrons. The fraction of sp³-hybridized carbons (Fsp3) is 1.00. The van der Waals surface area contributed by atoms with Crippen molar-refractivity contribution in [2.45, 2.75) is 38.6 Å². The standard InChI is InChI=1S/C12H26N2O/c1-12(2)6-4-11(5-7-13)10-14(12)8-9-15-3/h11H,4-10,13H2,1-3H3. The molecular weight excluding hydrogens is 188 g/mol. The number of hydrogen-bond donors (Lipinski definition) is 1. The van der Waals surface area contributed by atoms with Crippen molar-refractivity contribution in [3.8, 4) is 0 Å². The van der Waals surface area contributed by atoms with Crippen LogP contribution in [0.4, 0.5) is 0 Å². The first-order valence-corrected chi connectivity index (χ1v) is 6.04. The second-order valence-corrected chi connectivity index (χ2v) is 5.23. The smallest absolute Gasteiger partial charge is 0.0589 e. The monoisotopic (exact) mass is 214 g/mol. The summed E-state index contributed by atoms with van der Waals surface area (Å²) in [7, 11) is 1.77. The van der Waals surface area contributed by atoms with Crippen molar-refractivity contribution in [1.29, 1.82) is 0 Å². The van der Waals surface area contributed by atoms with Crippen molar-refractivity contribution < 1.29 is 4.74 Å². The Balaban J connectivity index is 2.46. The summed E-state index contributed by atoms with van der Waals surface area (Å²) in [6.07, 6.45) is 3.77. The van der Waals surface area contributed by atoms with Gasteiger partial charge in [-0.25, -0.2) is 0 Å². The van der Waals surface area contributed by atoms with Crippen LogP contribution in [0.3, 0.4) is 0 Å². The first-order valence-electron chi connectivity index (χ1n) is 6.04. The Kier molecular flexibility index (Phi) is 5.03. The molecule has 1 rings (SSSR count). The van der Waals surface area contributed by atoms with Crippen LogP contribution in [0.25, 0.3) is 0 Å². The third kappa shape index (κ3) is 3.74. The summed E-state index contributed by atoms with van der Waals surface area (Å²) in [5.41, 5.74) is 5.97. The molecule has 0 bridgehead atoms. The normalized spacial score (nSPS) is 26.8. The van der Waals surface area contributed by atoms with Crippen molar-refractivity contribution in [2.24, 2.45) is 11.7 Å². The Morgan fingerprint density at radius 2 is 2.20 bits per heavy atom. The van der Waals surface area contributed by atoms with Crippen LogP contribution in [0.15, 0.2) is 0 Å². The summed E-state index contributed by atoms with van der Waals surface area (Å²) in [4.78, 5) is 2.56. The van der Waals surface area contributed by atoms with Gasteiger partial charge in [0.1, 0.15) is 0 Å². The molecule has 1 fully saturated rings. The van der Waals surface area contributed by atoms with E-state index < -0.39 is 0 Å². The van der Waals surface area contributed by atoms with Crippen LogP contribution in [-0.2, 0) is 4.74 Å². The third-order valence-corrected chi connectivity index (χ3v) is 3.64. The summed E-state index contributed by atoms with van der Waals surface area (Å²) in [6.45, 7) is 8.56. The lowest BCUT2D eigenvalue weighted by Crippen LogP contribution is -2.51. The van der Waals surface area contributed by atoms with Crippen LogP contribution in [-0.4, -0.2) is 43.8 Å². The zero-order valence-electron chi connectivity index (χ0n) is 10.5. The maximum Gasteiger partial charge on any atom is 0.0589 e. The minimum absolute atomic E-state index is 0.337. The minimum atomic E-state index is 0.337.